The normalized spacial score (nSPS) is 19.0. The second kappa shape index (κ2) is 15.7. The van der Waals surface area contributed by atoms with Crippen LogP contribution in [0.2, 0.25) is 0 Å². The van der Waals surface area contributed by atoms with Crippen LogP contribution in [0.5, 0.6) is 5.75 Å². The van der Waals surface area contributed by atoms with Crippen LogP contribution in [-0.2, 0) is 19.1 Å². The van der Waals surface area contributed by atoms with E-state index in [4.69, 9.17) is 4.74 Å². The lowest BCUT2D eigenvalue weighted by molar-refractivity contribution is -0.149. The van der Waals surface area contributed by atoms with E-state index in [1.165, 1.54) is 4.90 Å². The van der Waals surface area contributed by atoms with Gasteiger partial charge in [0.25, 0.3) is 0 Å². The van der Waals surface area contributed by atoms with Crippen LogP contribution in [-0.4, -0.2) is 76.8 Å². The SMILES string of the molecule is CC[C@H](C)[C@H](NC(=O)[C@@]1(C)CCCN1C)C(=O)N(C)[C@H](C[C@@H](OC(C)=O)c1nc(C(=O)Oc2c(F)c(F)c(F)c(F)c2F)cs1)C(C)C. The first-order valence-corrected chi connectivity index (χ1v) is 16.4. The number of carbonyl (C=O) groups excluding carboxylic acids is 4. The van der Waals surface area contributed by atoms with Crippen LogP contribution in [0, 0.1) is 40.9 Å². The zero-order chi connectivity index (χ0) is 36.2. The number of nitrogens with one attached hydrogen (secondary N) is 1. The van der Waals surface area contributed by atoms with Crippen molar-refractivity contribution in [1.29, 1.82) is 0 Å². The van der Waals surface area contributed by atoms with Crippen LogP contribution in [0.3, 0.4) is 0 Å². The summed E-state index contributed by atoms with van der Waals surface area (Å²) in [4.78, 5) is 59.8. The first-order valence-electron chi connectivity index (χ1n) is 15.5. The molecule has 0 unspecified atom stereocenters. The summed E-state index contributed by atoms with van der Waals surface area (Å²) in [6, 6.07) is -1.43. The minimum Gasteiger partial charge on any atom is -0.455 e. The van der Waals surface area contributed by atoms with Crippen molar-refractivity contribution in [3.8, 4) is 5.75 Å². The molecule has 2 aromatic rings. The van der Waals surface area contributed by atoms with Crippen molar-refractivity contribution < 1.29 is 50.6 Å². The molecule has 1 N–H and O–H groups in total. The van der Waals surface area contributed by atoms with Crippen LogP contribution in [0.4, 0.5) is 22.0 Å². The number of thiazole rings is 1. The average Bonchev–Trinajstić information content (AvgIpc) is 3.67. The fourth-order valence-corrected chi connectivity index (χ4v) is 6.42. The van der Waals surface area contributed by atoms with Crippen LogP contribution < -0.4 is 10.1 Å². The number of rotatable bonds is 13. The quantitative estimate of drug-likeness (QED) is 0.0949. The van der Waals surface area contributed by atoms with E-state index in [0.29, 0.717) is 12.8 Å². The first-order chi connectivity index (χ1) is 22.3. The second-order valence-corrected chi connectivity index (χ2v) is 13.5. The van der Waals surface area contributed by atoms with Gasteiger partial charge in [-0.25, -0.2) is 22.9 Å². The molecule has 48 heavy (non-hydrogen) atoms. The molecule has 0 spiro atoms. The second-order valence-electron chi connectivity index (χ2n) is 12.6. The fraction of sp³-hybridized carbons (Fsp3) is 0.594. The van der Waals surface area contributed by atoms with Crippen molar-refractivity contribution in [2.75, 3.05) is 20.6 Å². The molecule has 1 aliphatic heterocycles. The molecule has 1 fully saturated rings. The molecule has 2 amide bonds. The van der Waals surface area contributed by atoms with E-state index in [9.17, 15) is 41.1 Å². The predicted octanol–water partition coefficient (Wildman–Crippen LogP) is 5.55. The Morgan fingerprint density at radius 1 is 1.06 bits per heavy atom. The molecule has 5 atom stereocenters. The topological polar surface area (TPSA) is 118 Å². The van der Waals surface area contributed by atoms with E-state index in [1.807, 2.05) is 46.6 Å². The zero-order valence-corrected chi connectivity index (χ0v) is 28.9. The summed E-state index contributed by atoms with van der Waals surface area (Å²) in [7, 11) is 3.45. The Morgan fingerprint density at radius 3 is 2.15 bits per heavy atom. The molecule has 1 aromatic heterocycles. The molecule has 0 saturated carbocycles. The lowest BCUT2D eigenvalue weighted by Crippen LogP contribution is -2.60. The van der Waals surface area contributed by atoms with Crippen molar-refractivity contribution >= 4 is 35.1 Å². The Labute approximate surface area is 280 Å². The van der Waals surface area contributed by atoms with Crippen LogP contribution in [0.15, 0.2) is 5.38 Å². The van der Waals surface area contributed by atoms with E-state index in [1.54, 1.807) is 7.05 Å². The average molecular weight is 705 g/mol. The highest BCUT2D eigenvalue weighted by Crippen LogP contribution is 2.33. The van der Waals surface area contributed by atoms with E-state index in [0.717, 1.165) is 36.6 Å². The third kappa shape index (κ3) is 8.13. The van der Waals surface area contributed by atoms with Gasteiger partial charge in [-0.3, -0.25) is 19.3 Å². The van der Waals surface area contributed by atoms with Gasteiger partial charge in [0.05, 0.1) is 5.54 Å². The number of likely N-dealkylation sites (tertiary alicyclic amines) is 1. The van der Waals surface area contributed by atoms with Crippen molar-refractivity contribution in [2.24, 2.45) is 11.8 Å². The Morgan fingerprint density at radius 2 is 1.65 bits per heavy atom. The minimum absolute atomic E-state index is 0.000748. The largest absolute Gasteiger partial charge is 0.455 e. The Hall–Kier alpha value is -3.66. The number of aromatic nitrogens is 1. The summed E-state index contributed by atoms with van der Waals surface area (Å²) in [5, 5.41) is 4.14. The number of nitrogens with zero attached hydrogens (tertiary/aromatic N) is 3. The Balaban J connectivity index is 1.87. The van der Waals surface area contributed by atoms with Gasteiger partial charge in [0, 0.05) is 31.8 Å². The maximum atomic E-state index is 14.1. The molecule has 10 nitrogen and oxygen atoms in total. The Bertz CT molecular complexity index is 1510. The van der Waals surface area contributed by atoms with Gasteiger partial charge in [0.2, 0.25) is 46.6 Å². The fourth-order valence-electron chi connectivity index (χ4n) is 5.59. The summed E-state index contributed by atoms with van der Waals surface area (Å²) < 4.78 is 78.8. The van der Waals surface area contributed by atoms with Crippen molar-refractivity contribution in [1.82, 2.24) is 20.1 Å². The van der Waals surface area contributed by atoms with Crippen LogP contribution in [0.1, 0.15) is 88.8 Å². The van der Waals surface area contributed by atoms with Gasteiger partial charge in [0.1, 0.15) is 11.0 Å². The highest BCUT2D eigenvalue weighted by atomic mass is 32.1. The zero-order valence-electron chi connectivity index (χ0n) is 28.1. The molecule has 3 rings (SSSR count). The summed E-state index contributed by atoms with van der Waals surface area (Å²) in [5.74, 6) is -16.7. The monoisotopic (exact) mass is 704 g/mol. The molecule has 0 radical (unpaired) electrons. The number of hydrogen-bond donors (Lipinski definition) is 1. The summed E-state index contributed by atoms with van der Waals surface area (Å²) in [6.45, 7) is 11.2. The van der Waals surface area contributed by atoms with Gasteiger partial charge < -0.3 is 19.7 Å². The minimum atomic E-state index is -2.42. The molecular weight excluding hydrogens is 663 g/mol. The van der Waals surface area contributed by atoms with Gasteiger partial charge >= 0.3 is 11.9 Å². The molecule has 16 heteroatoms. The molecule has 0 aliphatic carbocycles. The maximum absolute atomic E-state index is 14.1. The van der Waals surface area contributed by atoms with E-state index in [2.05, 4.69) is 15.0 Å². The van der Waals surface area contributed by atoms with E-state index < -0.39 is 76.2 Å². The number of ether oxygens (including phenoxy) is 2. The molecule has 266 valence electrons. The highest BCUT2D eigenvalue weighted by Gasteiger charge is 2.44. The predicted molar refractivity (Wildman–Crippen MR) is 165 cm³/mol. The smallest absolute Gasteiger partial charge is 0.363 e. The number of likely N-dealkylation sites (N-methyl/N-ethyl adjacent to an activating group) is 2. The number of amides is 2. The molecular formula is C32H41F5N4O6S. The van der Waals surface area contributed by atoms with Crippen molar-refractivity contribution in [3.05, 3.63) is 45.2 Å². The van der Waals surface area contributed by atoms with Crippen molar-refractivity contribution in [2.45, 2.75) is 91.0 Å². The van der Waals surface area contributed by atoms with Crippen molar-refractivity contribution in [3.63, 3.8) is 0 Å². The maximum Gasteiger partial charge on any atom is 0.363 e. The standard InChI is InChI=1S/C32H41F5N4O6S/c1-9-16(4)26(39-31(45)32(6)11-10-12-40(32)7)29(43)41(8)19(15(2)3)13-20(46-17(5)42)28-38-18(14-48-28)30(44)47-27-24(36)22(34)21(33)23(35)25(27)37/h14-16,19-20,26H,9-13H2,1-8H3,(H,39,45)/t16-,19+,20+,26-,32+/m0/s1. The lowest BCUT2D eigenvalue weighted by Gasteiger charge is -2.38. The number of benzene rings is 1. The molecule has 1 aliphatic rings. The third-order valence-corrected chi connectivity index (χ3v) is 9.94. The number of hydrogen-bond acceptors (Lipinski definition) is 9. The lowest BCUT2D eigenvalue weighted by atomic mass is 9.91. The van der Waals surface area contributed by atoms with E-state index >= 15 is 0 Å². The van der Waals surface area contributed by atoms with Gasteiger partial charge in [0.15, 0.2) is 11.8 Å². The third-order valence-electron chi connectivity index (χ3n) is 9.00. The summed E-state index contributed by atoms with van der Waals surface area (Å²) in [5.41, 5.74) is -1.31. The molecule has 1 saturated heterocycles. The molecule has 1 aromatic carbocycles. The summed E-state index contributed by atoms with van der Waals surface area (Å²) in [6.07, 6.45) is 0.982. The van der Waals surface area contributed by atoms with Crippen LogP contribution >= 0.6 is 11.3 Å². The Kier molecular flexibility index (Phi) is 12.7. The molecule has 2 heterocycles. The number of esters is 2. The van der Waals surface area contributed by atoms with E-state index in [-0.39, 0.29) is 35.1 Å². The first kappa shape index (κ1) is 38.8. The van der Waals surface area contributed by atoms with Crippen LogP contribution in [0.25, 0.3) is 0 Å². The van der Waals surface area contributed by atoms with Gasteiger partial charge in [-0.2, -0.15) is 8.78 Å². The highest BCUT2D eigenvalue weighted by molar-refractivity contribution is 7.09. The van der Waals surface area contributed by atoms with Gasteiger partial charge in [-0.15, -0.1) is 11.3 Å². The summed E-state index contributed by atoms with van der Waals surface area (Å²) >= 11 is 0.817. The number of halogens is 5. The number of carbonyl (C=O) groups is 4. The van der Waals surface area contributed by atoms with Gasteiger partial charge in [-0.1, -0.05) is 34.1 Å². The molecule has 0 bridgehead atoms. The van der Waals surface area contributed by atoms with Gasteiger partial charge in [-0.05, 0) is 45.2 Å².